The summed E-state index contributed by atoms with van der Waals surface area (Å²) in [5, 5.41) is 9.63. The van der Waals surface area contributed by atoms with E-state index in [2.05, 4.69) is 41.9 Å². The third kappa shape index (κ3) is 4.18. The predicted octanol–water partition coefficient (Wildman–Crippen LogP) is 1.53. The lowest BCUT2D eigenvalue weighted by Gasteiger charge is -2.30. The summed E-state index contributed by atoms with van der Waals surface area (Å²) in [6.45, 7) is 4.55. The first-order valence-corrected chi connectivity index (χ1v) is 9.63. The Hall–Kier alpha value is -2.08. The molecule has 1 atom stereocenters. The van der Waals surface area contributed by atoms with Gasteiger partial charge in [0.2, 0.25) is 11.8 Å². The van der Waals surface area contributed by atoms with E-state index in [4.69, 9.17) is 5.73 Å². The number of nitrogens with two attached hydrogens (primary N) is 1. The highest BCUT2D eigenvalue weighted by Gasteiger charge is 2.31. The van der Waals surface area contributed by atoms with Crippen LogP contribution in [-0.4, -0.2) is 36.5 Å². The molecule has 142 valence electrons. The number of carbonyl (C=O) groups is 2. The third-order valence-electron chi connectivity index (χ3n) is 5.61. The first-order chi connectivity index (χ1) is 12.5. The van der Waals surface area contributed by atoms with Crippen LogP contribution in [0.4, 0.5) is 5.69 Å². The fraction of sp³-hybridized carbons (Fsp3) is 0.600. The SMILES string of the molecule is Cc1ccc(C)c2c1CC(C(=O)NC1CCC(NC(=O)CCN)CC1)N2. The second kappa shape index (κ2) is 8.08. The number of hydrogen-bond donors (Lipinski definition) is 4. The highest BCUT2D eigenvalue weighted by Crippen LogP contribution is 2.32. The Labute approximate surface area is 155 Å². The molecule has 2 aliphatic rings. The van der Waals surface area contributed by atoms with Crippen molar-refractivity contribution in [1.82, 2.24) is 10.6 Å². The zero-order valence-corrected chi connectivity index (χ0v) is 15.7. The number of benzene rings is 1. The summed E-state index contributed by atoms with van der Waals surface area (Å²) < 4.78 is 0. The van der Waals surface area contributed by atoms with Gasteiger partial charge in [-0.2, -0.15) is 0 Å². The molecule has 1 heterocycles. The van der Waals surface area contributed by atoms with Crippen LogP contribution in [0.15, 0.2) is 12.1 Å². The molecular weight excluding hydrogens is 328 g/mol. The van der Waals surface area contributed by atoms with Crippen LogP contribution < -0.4 is 21.7 Å². The van der Waals surface area contributed by atoms with Gasteiger partial charge < -0.3 is 21.7 Å². The van der Waals surface area contributed by atoms with Gasteiger partial charge in [0.25, 0.3) is 0 Å². The second-order valence-corrected chi connectivity index (χ2v) is 7.62. The molecular formula is C20H30N4O2. The van der Waals surface area contributed by atoms with Crippen LogP contribution in [0, 0.1) is 13.8 Å². The van der Waals surface area contributed by atoms with Crippen LogP contribution in [0.25, 0.3) is 0 Å². The van der Waals surface area contributed by atoms with Gasteiger partial charge in [-0.15, -0.1) is 0 Å². The van der Waals surface area contributed by atoms with Gasteiger partial charge in [0.05, 0.1) is 0 Å². The Morgan fingerprint density at radius 3 is 2.31 bits per heavy atom. The van der Waals surface area contributed by atoms with E-state index in [1.54, 1.807) is 0 Å². The summed E-state index contributed by atoms with van der Waals surface area (Å²) in [5.41, 5.74) is 10.2. The Morgan fingerprint density at radius 2 is 1.69 bits per heavy atom. The standard InChI is InChI=1S/C20H30N4O2/c1-12-3-4-13(2)19-16(12)11-17(24-19)20(26)23-15-7-5-14(6-8-15)22-18(25)9-10-21/h3-4,14-15,17,24H,5-11,21H2,1-2H3,(H,22,25)(H,23,26). The predicted molar refractivity (Wildman–Crippen MR) is 103 cm³/mol. The number of aryl methyl sites for hydroxylation is 2. The van der Waals surface area contributed by atoms with E-state index >= 15 is 0 Å². The third-order valence-corrected chi connectivity index (χ3v) is 5.61. The molecule has 6 heteroatoms. The molecule has 1 aliphatic heterocycles. The lowest BCUT2D eigenvalue weighted by Crippen LogP contribution is -2.47. The monoisotopic (exact) mass is 358 g/mol. The van der Waals surface area contributed by atoms with Gasteiger partial charge in [0.15, 0.2) is 0 Å². The van der Waals surface area contributed by atoms with Crippen molar-refractivity contribution in [3.05, 3.63) is 28.8 Å². The molecule has 1 unspecified atom stereocenters. The Morgan fingerprint density at radius 1 is 1.08 bits per heavy atom. The van der Waals surface area contributed by atoms with E-state index < -0.39 is 0 Å². The average Bonchev–Trinajstić information content (AvgIpc) is 3.07. The molecule has 0 spiro atoms. The molecule has 2 amide bonds. The molecule has 0 radical (unpaired) electrons. The minimum Gasteiger partial charge on any atom is -0.373 e. The molecule has 0 saturated heterocycles. The number of carbonyl (C=O) groups excluding carboxylic acids is 2. The quantitative estimate of drug-likeness (QED) is 0.642. The molecule has 1 fully saturated rings. The maximum absolute atomic E-state index is 12.7. The Bertz CT molecular complexity index is 650. The molecule has 0 bridgehead atoms. The van der Waals surface area contributed by atoms with Gasteiger partial charge in [-0.3, -0.25) is 9.59 Å². The van der Waals surface area contributed by atoms with Gasteiger partial charge in [-0.25, -0.2) is 0 Å². The molecule has 5 N–H and O–H groups in total. The first-order valence-electron chi connectivity index (χ1n) is 9.63. The average molecular weight is 358 g/mol. The second-order valence-electron chi connectivity index (χ2n) is 7.62. The number of rotatable bonds is 5. The Balaban J connectivity index is 1.48. The summed E-state index contributed by atoms with van der Waals surface area (Å²) in [5.74, 6) is 0.106. The molecule has 1 aromatic carbocycles. The molecule has 6 nitrogen and oxygen atoms in total. The zero-order valence-electron chi connectivity index (χ0n) is 15.7. The van der Waals surface area contributed by atoms with Crippen molar-refractivity contribution in [2.45, 2.75) is 70.5 Å². The molecule has 3 rings (SSSR count). The summed E-state index contributed by atoms with van der Waals surface area (Å²) in [6.07, 6.45) is 4.73. The summed E-state index contributed by atoms with van der Waals surface area (Å²) in [6, 6.07) is 4.43. The number of hydrogen-bond acceptors (Lipinski definition) is 4. The van der Waals surface area contributed by atoms with Crippen molar-refractivity contribution in [3.63, 3.8) is 0 Å². The molecule has 1 saturated carbocycles. The first kappa shape index (κ1) is 18.7. The van der Waals surface area contributed by atoms with Gasteiger partial charge in [-0.1, -0.05) is 12.1 Å². The van der Waals surface area contributed by atoms with Crippen molar-refractivity contribution in [2.75, 3.05) is 11.9 Å². The van der Waals surface area contributed by atoms with Gasteiger partial charge in [0, 0.05) is 37.2 Å². The van der Waals surface area contributed by atoms with Crippen molar-refractivity contribution < 1.29 is 9.59 Å². The molecule has 1 aromatic rings. The molecule has 1 aliphatic carbocycles. The smallest absolute Gasteiger partial charge is 0.243 e. The zero-order chi connectivity index (χ0) is 18.7. The number of fused-ring (bicyclic) bond motifs is 1. The normalized spacial score (nSPS) is 24.5. The maximum Gasteiger partial charge on any atom is 0.243 e. The van der Waals surface area contributed by atoms with Crippen molar-refractivity contribution in [1.29, 1.82) is 0 Å². The van der Waals surface area contributed by atoms with E-state index in [0.717, 1.165) is 37.8 Å². The van der Waals surface area contributed by atoms with Gasteiger partial charge in [0.1, 0.15) is 6.04 Å². The largest absolute Gasteiger partial charge is 0.373 e. The summed E-state index contributed by atoms with van der Waals surface area (Å²) in [4.78, 5) is 24.3. The fourth-order valence-electron chi connectivity index (χ4n) is 4.04. The number of anilines is 1. The maximum atomic E-state index is 12.7. The number of nitrogens with one attached hydrogen (secondary N) is 3. The molecule has 0 aromatic heterocycles. The van der Waals surface area contributed by atoms with E-state index in [1.807, 2.05) is 0 Å². The van der Waals surface area contributed by atoms with Crippen LogP contribution in [0.1, 0.15) is 48.8 Å². The van der Waals surface area contributed by atoms with Crippen LogP contribution in [0.3, 0.4) is 0 Å². The van der Waals surface area contributed by atoms with Crippen molar-refractivity contribution in [3.8, 4) is 0 Å². The van der Waals surface area contributed by atoms with Crippen LogP contribution in [-0.2, 0) is 16.0 Å². The number of amides is 2. The highest BCUT2D eigenvalue weighted by atomic mass is 16.2. The van der Waals surface area contributed by atoms with E-state index in [0.29, 0.717) is 13.0 Å². The minimum atomic E-state index is -0.188. The lowest BCUT2D eigenvalue weighted by molar-refractivity contribution is -0.123. The summed E-state index contributed by atoms with van der Waals surface area (Å²) >= 11 is 0. The van der Waals surface area contributed by atoms with E-state index in [-0.39, 0.29) is 29.9 Å². The lowest BCUT2D eigenvalue weighted by atomic mass is 9.90. The van der Waals surface area contributed by atoms with Crippen LogP contribution in [0.5, 0.6) is 0 Å². The Kier molecular flexibility index (Phi) is 5.81. The summed E-state index contributed by atoms with van der Waals surface area (Å²) in [7, 11) is 0. The van der Waals surface area contributed by atoms with E-state index in [9.17, 15) is 9.59 Å². The van der Waals surface area contributed by atoms with Gasteiger partial charge >= 0.3 is 0 Å². The van der Waals surface area contributed by atoms with Gasteiger partial charge in [-0.05, 0) is 56.2 Å². The van der Waals surface area contributed by atoms with Crippen LogP contribution in [0.2, 0.25) is 0 Å². The van der Waals surface area contributed by atoms with E-state index in [1.165, 1.54) is 16.7 Å². The van der Waals surface area contributed by atoms with Crippen molar-refractivity contribution in [2.24, 2.45) is 5.73 Å². The minimum absolute atomic E-state index is 0.0265. The fourth-order valence-corrected chi connectivity index (χ4v) is 4.04. The topological polar surface area (TPSA) is 96.2 Å². The highest BCUT2D eigenvalue weighted by molar-refractivity contribution is 5.88. The van der Waals surface area contributed by atoms with Crippen LogP contribution >= 0.6 is 0 Å². The van der Waals surface area contributed by atoms with Crippen molar-refractivity contribution >= 4 is 17.5 Å². The molecule has 26 heavy (non-hydrogen) atoms.